The third-order valence-corrected chi connectivity index (χ3v) is 6.75. The highest BCUT2D eigenvalue weighted by atomic mass is 32.2. The molecule has 0 N–H and O–H groups in total. The van der Waals surface area contributed by atoms with Crippen molar-refractivity contribution in [2.24, 2.45) is 0 Å². The van der Waals surface area contributed by atoms with Gasteiger partial charge < -0.3 is 4.74 Å². The molecule has 0 aromatic heterocycles. The normalized spacial score (nSPS) is 11.0. The zero-order chi connectivity index (χ0) is 26.6. The predicted octanol–water partition coefficient (Wildman–Crippen LogP) is 8.52. The Balaban J connectivity index is 2.06. The number of thioether (sulfide) groups is 1. The molecule has 0 heterocycles. The summed E-state index contributed by atoms with van der Waals surface area (Å²) in [6.07, 6.45) is 7.75. The Hall–Kier alpha value is -2.84. The molecule has 3 aromatic carbocycles. The van der Waals surface area contributed by atoms with Crippen molar-refractivity contribution in [3.05, 3.63) is 70.8 Å². The predicted molar refractivity (Wildman–Crippen MR) is 122 cm³/mol. The van der Waals surface area contributed by atoms with Gasteiger partial charge >= 0.3 is 0 Å². The van der Waals surface area contributed by atoms with Crippen LogP contribution < -0.4 is 4.74 Å². The summed E-state index contributed by atoms with van der Waals surface area (Å²) in [4.78, 5) is -0.127. The van der Waals surface area contributed by atoms with Crippen LogP contribution in [0, 0.1) is 58.9 Å². The molecule has 0 bridgehead atoms. The minimum atomic E-state index is -2.28. The average Bonchev–Trinajstić information content (AvgIpc) is 2.88. The molecule has 0 radical (unpaired) electrons. The third kappa shape index (κ3) is 5.44. The molecule has 0 fully saturated rings. The summed E-state index contributed by atoms with van der Waals surface area (Å²) in [5.74, 6) is -16.4. The van der Waals surface area contributed by atoms with Gasteiger partial charge in [-0.1, -0.05) is 11.8 Å². The standard InChI is InChI=1S/C25H16F8OS2/c1-3-4-5-6-11-34-24-20(30)16(26)14(17(27)21(24)31)15-18(28)22(32)25(23(33)19(15)29)36-13-9-7-12(35-2)8-10-13/h1,7-10H,4-6,11H2,2H3. The number of halogens is 8. The maximum absolute atomic E-state index is 14.8. The van der Waals surface area contributed by atoms with Gasteiger partial charge in [-0.15, -0.1) is 24.1 Å². The van der Waals surface area contributed by atoms with Crippen LogP contribution in [0.25, 0.3) is 11.1 Å². The van der Waals surface area contributed by atoms with Gasteiger partial charge in [0.2, 0.25) is 11.6 Å². The van der Waals surface area contributed by atoms with E-state index in [9.17, 15) is 35.1 Å². The molecule has 11 heteroatoms. The zero-order valence-electron chi connectivity index (χ0n) is 18.5. The summed E-state index contributed by atoms with van der Waals surface area (Å²) in [7, 11) is 0. The molecule has 0 atom stereocenters. The minimum absolute atomic E-state index is 0.187. The molecule has 0 unspecified atom stereocenters. The molecule has 0 spiro atoms. The van der Waals surface area contributed by atoms with Crippen LogP contribution in [0.1, 0.15) is 19.3 Å². The van der Waals surface area contributed by atoms with Crippen LogP contribution in [-0.2, 0) is 0 Å². The number of benzene rings is 3. The quantitative estimate of drug-likeness (QED) is 0.0872. The molecule has 3 aromatic rings. The lowest BCUT2D eigenvalue weighted by molar-refractivity contribution is 0.265. The first-order valence-electron chi connectivity index (χ1n) is 10.2. The fraction of sp³-hybridized carbons (Fsp3) is 0.200. The smallest absolute Gasteiger partial charge is 0.204 e. The Morgan fingerprint density at radius 1 is 0.694 bits per heavy atom. The van der Waals surface area contributed by atoms with E-state index < -0.39 is 68.3 Å². The van der Waals surface area contributed by atoms with E-state index >= 15 is 0 Å². The molecule has 0 aliphatic carbocycles. The third-order valence-electron chi connectivity index (χ3n) is 4.94. The van der Waals surface area contributed by atoms with Gasteiger partial charge in [0.15, 0.2) is 40.7 Å². The molecule has 0 aliphatic rings. The zero-order valence-corrected chi connectivity index (χ0v) is 20.1. The van der Waals surface area contributed by atoms with Gasteiger partial charge in [0.25, 0.3) is 0 Å². The summed E-state index contributed by atoms with van der Waals surface area (Å²) in [5.41, 5.74) is -3.88. The Morgan fingerprint density at radius 3 is 1.64 bits per heavy atom. The average molecular weight is 549 g/mol. The van der Waals surface area contributed by atoms with Crippen molar-refractivity contribution in [2.45, 2.75) is 33.9 Å². The van der Waals surface area contributed by atoms with E-state index in [0.29, 0.717) is 24.6 Å². The van der Waals surface area contributed by atoms with Gasteiger partial charge in [-0.2, -0.15) is 8.78 Å². The lowest BCUT2D eigenvalue weighted by Crippen LogP contribution is -2.10. The SMILES string of the molecule is C#CCCCCOc1c(F)c(F)c(-c2c(F)c(F)c(Sc3ccc(SC)cc3)c(F)c2F)c(F)c1F. The summed E-state index contributed by atoms with van der Waals surface area (Å²) in [5, 5.41) is 0. The molecular formula is C25H16F8OS2. The van der Waals surface area contributed by atoms with Crippen molar-refractivity contribution >= 4 is 23.5 Å². The fourth-order valence-corrected chi connectivity index (χ4v) is 4.42. The van der Waals surface area contributed by atoms with E-state index in [2.05, 4.69) is 5.92 Å². The molecule has 190 valence electrons. The first-order valence-corrected chi connectivity index (χ1v) is 12.3. The highest BCUT2D eigenvalue weighted by Crippen LogP contribution is 2.43. The Labute approximate surface area is 210 Å². The van der Waals surface area contributed by atoms with E-state index in [4.69, 9.17) is 11.2 Å². The molecule has 0 amide bonds. The van der Waals surface area contributed by atoms with Crippen molar-refractivity contribution in [3.63, 3.8) is 0 Å². The summed E-state index contributed by atoms with van der Waals surface area (Å²) in [6.45, 7) is -0.371. The number of hydrogen-bond donors (Lipinski definition) is 0. The van der Waals surface area contributed by atoms with E-state index in [1.165, 1.54) is 23.9 Å². The van der Waals surface area contributed by atoms with Crippen LogP contribution in [0.15, 0.2) is 39.0 Å². The lowest BCUT2D eigenvalue weighted by Gasteiger charge is -2.16. The van der Waals surface area contributed by atoms with Crippen LogP contribution in [0.4, 0.5) is 35.1 Å². The highest BCUT2D eigenvalue weighted by molar-refractivity contribution is 7.99. The van der Waals surface area contributed by atoms with Gasteiger partial charge in [0.05, 0.1) is 22.6 Å². The highest BCUT2D eigenvalue weighted by Gasteiger charge is 2.35. The van der Waals surface area contributed by atoms with E-state index in [1.54, 1.807) is 18.4 Å². The maximum atomic E-state index is 14.8. The topological polar surface area (TPSA) is 9.23 Å². The summed E-state index contributed by atoms with van der Waals surface area (Å²) in [6, 6.07) is 6.07. The van der Waals surface area contributed by atoms with Crippen LogP contribution in [0.2, 0.25) is 0 Å². The summed E-state index contributed by atoms with van der Waals surface area (Å²) < 4.78 is 122. The van der Waals surface area contributed by atoms with Gasteiger partial charge in [0.1, 0.15) is 0 Å². The molecule has 0 saturated heterocycles. The number of unbranched alkanes of at least 4 members (excludes halogenated alkanes) is 2. The van der Waals surface area contributed by atoms with Gasteiger partial charge in [-0.05, 0) is 43.4 Å². The molecule has 36 heavy (non-hydrogen) atoms. The first-order chi connectivity index (χ1) is 17.1. The molecule has 0 aliphatic heterocycles. The number of hydrogen-bond acceptors (Lipinski definition) is 3. The van der Waals surface area contributed by atoms with Crippen LogP contribution >= 0.6 is 23.5 Å². The first kappa shape index (κ1) is 27.7. The van der Waals surface area contributed by atoms with Crippen molar-refractivity contribution in [2.75, 3.05) is 12.9 Å². The number of ether oxygens (including phenoxy) is 1. The van der Waals surface area contributed by atoms with Crippen molar-refractivity contribution in [1.82, 2.24) is 0 Å². The van der Waals surface area contributed by atoms with E-state index in [0.717, 1.165) is 4.90 Å². The molecule has 3 rings (SSSR count). The summed E-state index contributed by atoms with van der Waals surface area (Å²) >= 11 is 1.70. The van der Waals surface area contributed by atoms with Crippen LogP contribution in [0.5, 0.6) is 5.75 Å². The van der Waals surface area contributed by atoms with E-state index in [-0.39, 0.29) is 17.9 Å². The van der Waals surface area contributed by atoms with E-state index in [1.807, 2.05) is 0 Å². The molecule has 1 nitrogen and oxygen atoms in total. The maximum Gasteiger partial charge on any atom is 0.204 e. The lowest BCUT2D eigenvalue weighted by atomic mass is 10.0. The van der Waals surface area contributed by atoms with Crippen LogP contribution in [-0.4, -0.2) is 12.9 Å². The van der Waals surface area contributed by atoms with Crippen molar-refractivity contribution in [3.8, 4) is 29.2 Å². The second kappa shape index (κ2) is 11.9. The van der Waals surface area contributed by atoms with Crippen molar-refractivity contribution < 1.29 is 39.9 Å². The Bertz CT molecular complexity index is 1260. The number of rotatable bonds is 9. The second-order valence-corrected chi connectivity index (χ2v) is 9.17. The monoisotopic (exact) mass is 548 g/mol. The number of terminal acetylenes is 1. The molecule has 0 saturated carbocycles. The van der Waals surface area contributed by atoms with Gasteiger partial charge in [-0.3, -0.25) is 0 Å². The van der Waals surface area contributed by atoms with Gasteiger partial charge in [-0.25, -0.2) is 26.3 Å². The van der Waals surface area contributed by atoms with Crippen LogP contribution in [0.3, 0.4) is 0 Å². The van der Waals surface area contributed by atoms with Crippen molar-refractivity contribution in [1.29, 1.82) is 0 Å². The second-order valence-electron chi connectivity index (χ2n) is 7.21. The largest absolute Gasteiger partial charge is 0.487 e. The molecular weight excluding hydrogens is 532 g/mol. The Kier molecular flexibility index (Phi) is 9.19. The minimum Gasteiger partial charge on any atom is -0.487 e. The fourth-order valence-electron chi connectivity index (χ4n) is 3.14. The Morgan fingerprint density at radius 2 is 1.17 bits per heavy atom. The van der Waals surface area contributed by atoms with Gasteiger partial charge in [0, 0.05) is 16.2 Å².